The summed E-state index contributed by atoms with van der Waals surface area (Å²) in [6.45, 7) is 4.63. The molecule has 0 aliphatic heterocycles. The summed E-state index contributed by atoms with van der Waals surface area (Å²) in [5.41, 5.74) is 1.55. The lowest BCUT2D eigenvalue weighted by Crippen LogP contribution is -2.23. The Labute approximate surface area is 140 Å². The van der Waals surface area contributed by atoms with Gasteiger partial charge in [-0.25, -0.2) is 0 Å². The molecule has 2 aromatic carbocycles. The lowest BCUT2D eigenvalue weighted by molar-refractivity contribution is -0.385. The maximum absolute atomic E-state index is 12.3. The van der Waals surface area contributed by atoms with E-state index in [9.17, 15) is 14.9 Å². The van der Waals surface area contributed by atoms with E-state index in [4.69, 9.17) is 4.74 Å². The average Bonchev–Trinajstić information content (AvgIpc) is 2.58. The minimum Gasteiger partial charge on any atom is -0.494 e. The smallest absolute Gasteiger partial charge is 0.273 e. The van der Waals surface area contributed by atoms with Crippen molar-refractivity contribution in [2.24, 2.45) is 0 Å². The van der Waals surface area contributed by atoms with E-state index in [2.05, 4.69) is 5.32 Å². The van der Waals surface area contributed by atoms with Crippen molar-refractivity contribution in [3.63, 3.8) is 0 Å². The van der Waals surface area contributed by atoms with E-state index in [1.807, 2.05) is 31.2 Å². The number of carbonyl (C=O) groups excluding carboxylic acids is 1. The molecular weight excluding hydrogens is 308 g/mol. The van der Waals surface area contributed by atoms with E-state index in [0.717, 1.165) is 17.7 Å². The van der Waals surface area contributed by atoms with Gasteiger partial charge in [-0.1, -0.05) is 25.1 Å². The van der Waals surface area contributed by atoms with Crippen LogP contribution in [-0.4, -0.2) is 17.4 Å². The Hall–Kier alpha value is -2.89. The number of rotatable bonds is 7. The van der Waals surface area contributed by atoms with E-state index >= 15 is 0 Å². The predicted octanol–water partition coefficient (Wildman–Crippen LogP) is 3.62. The molecule has 6 heteroatoms. The zero-order chi connectivity index (χ0) is 17.5. The fourth-order valence-electron chi connectivity index (χ4n) is 2.27. The van der Waals surface area contributed by atoms with Crippen LogP contribution in [-0.2, 0) is 6.54 Å². The van der Waals surface area contributed by atoms with Crippen LogP contribution in [0.3, 0.4) is 0 Å². The van der Waals surface area contributed by atoms with Crippen molar-refractivity contribution in [1.82, 2.24) is 5.32 Å². The van der Waals surface area contributed by atoms with Crippen LogP contribution in [0.4, 0.5) is 5.69 Å². The molecule has 24 heavy (non-hydrogen) atoms. The van der Waals surface area contributed by atoms with Crippen molar-refractivity contribution in [2.45, 2.75) is 26.8 Å². The predicted molar refractivity (Wildman–Crippen MR) is 91.2 cm³/mol. The Morgan fingerprint density at radius 3 is 2.54 bits per heavy atom. The van der Waals surface area contributed by atoms with Crippen molar-refractivity contribution >= 4 is 11.6 Å². The molecule has 2 aromatic rings. The zero-order valence-electron chi connectivity index (χ0n) is 13.7. The highest BCUT2D eigenvalue weighted by Crippen LogP contribution is 2.21. The highest BCUT2D eigenvalue weighted by atomic mass is 16.6. The molecule has 0 heterocycles. The summed E-state index contributed by atoms with van der Waals surface area (Å²) in [5, 5.41) is 13.7. The van der Waals surface area contributed by atoms with E-state index in [0.29, 0.717) is 24.3 Å². The fourth-order valence-corrected chi connectivity index (χ4v) is 2.27. The van der Waals surface area contributed by atoms with Gasteiger partial charge in [0.2, 0.25) is 0 Å². The molecule has 0 spiro atoms. The summed E-state index contributed by atoms with van der Waals surface area (Å²) in [6, 6.07) is 12.0. The Bertz CT molecular complexity index is 726. The van der Waals surface area contributed by atoms with Crippen LogP contribution in [0.15, 0.2) is 42.5 Å². The van der Waals surface area contributed by atoms with Crippen molar-refractivity contribution in [3.8, 4) is 5.75 Å². The summed E-state index contributed by atoms with van der Waals surface area (Å²) >= 11 is 0. The molecule has 0 fully saturated rings. The highest BCUT2D eigenvalue weighted by molar-refractivity contribution is 5.96. The first kappa shape index (κ1) is 17.5. The number of benzene rings is 2. The van der Waals surface area contributed by atoms with Crippen LogP contribution >= 0.6 is 0 Å². The molecule has 0 aliphatic rings. The van der Waals surface area contributed by atoms with Crippen LogP contribution in [0.2, 0.25) is 0 Å². The molecule has 1 amide bonds. The molecule has 6 nitrogen and oxygen atoms in total. The van der Waals surface area contributed by atoms with Gasteiger partial charge in [0.15, 0.2) is 0 Å². The molecule has 1 N–H and O–H groups in total. The monoisotopic (exact) mass is 328 g/mol. The van der Waals surface area contributed by atoms with E-state index in [-0.39, 0.29) is 11.6 Å². The SMILES string of the molecule is CCCOc1ccc(CNC(=O)c2cccc([N+](=O)[O-])c2C)cc1. The first-order valence-electron chi connectivity index (χ1n) is 7.77. The molecule has 0 unspecified atom stereocenters. The van der Waals surface area contributed by atoms with Crippen molar-refractivity contribution in [3.05, 3.63) is 69.3 Å². The maximum Gasteiger partial charge on any atom is 0.273 e. The van der Waals surface area contributed by atoms with Crippen LogP contribution in [0.5, 0.6) is 5.75 Å². The molecule has 0 bridgehead atoms. The summed E-state index contributed by atoms with van der Waals surface area (Å²) < 4.78 is 5.51. The number of ether oxygens (including phenoxy) is 1. The summed E-state index contributed by atoms with van der Waals surface area (Å²) in [7, 11) is 0. The molecule has 0 aliphatic carbocycles. The molecule has 0 radical (unpaired) electrons. The number of nitro benzene ring substituents is 1. The van der Waals surface area contributed by atoms with E-state index < -0.39 is 4.92 Å². The zero-order valence-corrected chi connectivity index (χ0v) is 13.7. The Kier molecular flexibility index (Phi) is 5.89. The Balaban J connectivity index is 2.01. The van der Waals surface area contributed by atoms with Gasteiger partial charge in [0.1, 0.15) is 5.75 Å². The van der Waals surface area contributed by atoms with Crippen LogP contribution in [0, 0.1) is 17.0 Å². The summed E-state index contributed by atoms with van der Waals surface area (Å²) in [5.74, 6) is 0.462. The molecule has 2 rings (SSSR count). The third kappa shape index (κ3) is 4.32. The van der Waals surface area contributed by atoms with Gasteiger partial charge in [-0.05, 0) is 37.1 Å². The number of nitrogens with zero attached hydrogens (tertiary/aromatic N) is 1. The topological polar surface area (TPSA) is 81.5 Å². The Morgan fingerprint density at radius 1 is 1.21 bits per heavy atom. The van der Waals surface area contributed by atoms with Gasteiger partial charge in [-0.2, -0.15) is 0 Å². The molecule has 0 saturated heterocycles. The average molecular weight is 328 g/mol. The third-order valence-electron chi connectivity index (χ3n) is 3.60. The van der Waals surface area contributed by atoms with Crippen molar-refractivity contribution in [1.29, 1.82) is 0 Å². The van der Waals surface area contributed by atoms with E-state index in [1.165, 1.54) is 12.1 Å². The molecule has 0 saturated carbocycles. The number of amides is 1. The maximum atomic E-state index is 12.3. The minimum absolute atomic E-state index is 0.0555. The summed E-state index contributed by atoms with van der Waals surface area (Å²) in [6.07, 6.45) is 0.945. The lowest BCUT2D eigenvalue weighted by atomic mass is 10.1. The van der Waals surface area contributed by atoms with Gasteiger partial charge in [-0.3, -0.25) is 14.9 Å². The first-order chi connectivity index (χ1) is 11.5. The molecule has 0 aromatic heterocycles. The second kappa shape index (κ2) is 8.10. The molecule has 126 valence electrons. The van der Waals surface area contributed by atoms with Gasteiger partial charge >= 0.3 is 0 Å². The number of carbonyl (C=O) groups is 1. The normalized spacial score (nSPS) is 10.2. The lowest BCUT2D eigenvalue weighted by Gasteiger charge is -2.09. The van der Waals surface area contributed by atoms with Crippen LogP contribution in [0.25, 0.3) is 0 Å². The molecular formula is C18H20N2O4. The first-order valence-corrected chi connectivity index (χ1v) is 7.77. The number of nitro groups is 1. The van der Waals surface area contributed by atoms with Crippen LogP contribution < -0.4 is 10.1 Å². The van der Waals surface area contributed by atoms with Crippen LogP contribution in [0.1, 0.15) is 34.8 Å². The molecule has 0 atom stereocenters. The Morgan fingerprint density at radius 2 is 1.92 bits per heavy atom. The van der Waals surface area contributed by atoms with Gasteiger partial charge in [0.25, 0.3) is 11.6 Å². The number of hydrogen-bond acceptors (Lipinski definition) is 4. The second-order valence-electron chi connectivity index (χ2n) is 5.38. The van der Waals surface area contributed by atoms with Gasteiger partial charge in [0.05, 0.1) is 11.5 Å². The minimum atomic E-state index is -0.485. The van der Waals surface area contributed by atoms with Crippen molar-refractivity contribution < 1.29 is 14.5 Å². The van der Waals surface area contributed by atoms with Gasteiger partial charge in [-0.15, -0.1) is 0 Å². The second-order valence-corrected chi connectivity index (χ2v) is 5.38. The highest BCUT2D eigenvalue weighted by Gasteiger charge is 2.17. The van der Waals surface area contributed by atoms with Crippen molar-refractivity contribution in [2.75, 3.05) is 6.61 Å². The number of nitrogens with one attached hydrogen (secondary N) is 1. The van der Waals surface area contributed by atoms with E-state index in [1.54, 1.807) is 13.0 Å². The fraction of sp³-hybridized carbons (Fsp3) is 0.278. The quantitative estimate of drug-likeness (QED) is 0.621. The largest absolute Gasteiger partial charge is 0.494 e. The number of hydrogen-bond donors (Lipinski definition) is 1. The summed E-state index contributed by atoms with van der Waals surface area (Å²) in [4.78, 5) is 22.7. The third-order valence-corrected chi connectivity index (χ3v) is 3.60. The van der Waals surface area contributed by atoms with Gasteiger partial charge in [0, 0.05) is 23.7 Å². The van der Waals surface area contributed by atoms with Gasteiger partial charge < -0.3 is 10.1 Å². The standard InChI is InChI=1S/C18H20N2O4/c1-3-11-24-15-9-7-14(8-10-15)12-19-18(21)16-5-4-6-17(13(16)2)20(22)23/h4-10H,3,11-12H2,1-2H3,(H,19,21).